The van der Waals surface area contributed by atoms with Crippen LogP contribution in [0.25, 0.3) is 0 Å². The van der Waals surface area contributed by atoms with E-state index in [1.165, 1.54) is 0 Å². The van der Waals surface area contributed by atoms with E-state index in [0.717, 1.165) is 22.5 Å². The van der Waals surface area contributed by atoms with Gasteiger partial charge in [-0.05, 0) is 43.3 Å². The van der Waals surface area contributed by atoms with Crippen LogP contribution in [0, 0.1) is 6.92 Å². The molecule has 2 radical (unpaired) electrons. The zero-order chi connectivity index (χ0) is 16.9. The molecule has 0 aliphatic rings. The number of nitrogens with zero attached hydrogens (tertiary/aromatic N) is 4. The van der Waals surface area contributed by atoms with E-state index in [1.807, 2.05) is 54.4 Å². The van der Waals surface area contributed by atoms with Crippen LogP contribution in [0.2, 0.25) is 0 Å². The molecule has 0 spiro atoms. The summed E-state index contributed by atoms with van der Waals surface area (Å²) in [6.45, 7) is 3.05. The van der Waals surface area contributed by atoms with Gasteiger partial charge in [-0.25, -0.2) is 4.68 Å². The largest absolute Gasteiger partial charge is 0.492 e. The van der Waals surface area contributed by atoms with Gasteiger partial charge in [-0.1, -0.05) is 17.1 Å². The molecular weight excluding hydrogens is 301 g/mol. The summed E-state index contributed by atoms with van der Waals surface area (Å²) in [7, 11) is 5.91. The molecule has 0 saturated carbocycles. The Morgan fingerprint density at radius 1 is 1.12 bits per heavy atom. The van der Waals surface area contributed by atoms with Gasteiger partial charge in [-0.15, -0.1) is 10.2 Å². The molecule has 1 heterocycles. The molecule has 0 aliphatic heterocycles. The third-order valence-electron chi connectivity index (χ3n) is 3.70. The van der Waals surface area contributed by atoms with E-state index in [2.05, 4.69) is 10.2 Å². The number of nitrogen functional groups attached to an aromatic ring is 1. The normalized spacial score (nSPS) is 10.5. The maximum atomic E-state index is 5.91. The summed E-state index contributed by atoms with van der Waals surface area (Å²) in [4.78, 5) is 0. The van der Waals surface area contributed by atoms with Crippen LogP contribution in [0.5, 0.6) is 5.75 Å². The van der Waals surface area contributed by atoms with Gasteiger partial charge in [0.05, 0.1) is 12.2 Å². The predicted molar refractivity (Wildman–Crippen MR) is 95.7 cm³/mol. The van der Waals surface area contributed by atoms with Gasteiger partial charge in [0.2, 0.25) is 0 Å². The number of nitrogens with two attached hydrogens (primary N) is 1. The Labute approximate surface area is 142 Å². The van der Waals surface area contributed by atoms with Gasteiger partial charge in [-0.2, -0.15) is 0 Å². The molecule has 120 valence electrons. The van der Waals surface area contributed by atoms with Gasteiger partial charge in [0.15, 0.2) is 0 Å². The van der Waals surface area contributed by atoms with Gasteiger partial charge in [-0.3, -0.25) is 5.01 Å². The number of hydrogen-bond donors (Lipinski definition) is 1. The Morgan fingerprint density at radius 3 is 2.50 bits per heavy atom. The minimum absolute atomic E-state index is 0.477. The number of ether oxygens (including phenoxy) is 1. The van der Waals surface area contributed by atoms with Crippen molar-refractivity contribution in [3.63, 3.8) is 0 Å². The van der Waals surface area contributed by atoms with E-state index in [1.54, 1.807) is 17.3 Å². The second kappa shape index (κ2) is 7.08. The van der Waals surface area contributed by atoms with E-state index in [9.17, 15) is 0 Å². The topological polar surface area (TPSA) is 69.2 Å². The minimum atomic E-state index is 0.477. The molecule has 1 aromatic heterocycles. The number of aromatic nitrogens is 3. The summed E-state index contributed by atoms with van der Waals surface area (Å²) in [6, 6.07) is 13.3. The van der Waals surface area contributed by atoms with Gasteiger partial charge in [0.1, 0.15) is 32.9 Å². The number of aryl methyl sites for hydroxylation is 1. The van der Waals surface area contributed by atoms with Crippen molar-refractivity contribution in [2.24, 2.45) is 0 Å². The average Bonchev–Trinajstić information content (AvgIpc) is 3.10. The van der Waals surface area contributed by atoms with E-state index in [0.29, 0.717) is 18.8 Å². The van der Waals surface area contributed by atoms with Crippen molar-refractivity contribution < 1.29 is 4.74 Å². The van der Waals surface area contributed by atoms with Crippen LogP contribution in [-0.2, 0) is 0 Å². The predicted octanol–water partition coefficient (Wildman–Crippen LogP) is 1.31. The highest BCUT2D eigenvalue weighted by Gasteiger charge is 2.09. The minimum Gasteiger partial charge on any atom is -0.492 e. The Hall–Kier alpha value is -2.96. The van der Waals surface area contributed by atoms with Crippen molar-refractivity contribution in [1.29, 1.82) is 0 Å². The average molecular weight is 319 g/mol. The van der Waals surface area contributed by atoms with Crippen LogP contribution in [0.1, 0.15) is 5.56 Å². The molecule has 7 heteroatoms. The lowest BCUT2D eigenvalue weighted by atomic mass is 9.91. The van der Waals surface area contributed by atoms with Crippen molar-refractivity contribution in [2.45, 2.75) is 6.92 Å². The molecule has 0 aliphatic carbocycles. The van der Waals surface area contributed by atoms with Crippen LogP contribution in [-0.4, -0.2) is 35.9 Å². The van der Waals surface area contributed by atoms with Crippen LogP contribution >= 0.6 is 0 Å². The van der Waals surface area contributed by atoms with Crippen LogP contribution < -0.4 is 20.9 Å². The van der Waals surface area contributed by atoms with E-state index in [4.69, 9.17) is 18.3 Å². The molecular formula is C17H18BN5O. The van der Waals surface area contributed by atoms with Crippen molar-refractivity contribution in [1.82, 2.24) is 14.9 Å². The highest BCUT2D eigenvalue weighted by Crippen LogP contribution is 2.17. The molecule has 3 aromatic rings. The first-order valence-corrected chi connectivity index (χ1v) is 7.60. The fourth-order valence-electron chi connectivity index (χ4n) is 2.30. The highest BCUT2D eigenvalue weighted by atomic mass is 16.5. The summed E-state index contributed by atoms with van der Waals surface area (Å²) >= 11 is 0. The molecule has 0 bridgehead atoms. The lowest BCUT2D eigenvalue weighted by molar-refractivity contribution is 0.320. The lowest BCUT2D eigenvalue weighted by Gasteiger charge is -2.25. The summed E-state index contributed by atoms with van der Waals surface area (Å²) in [6.07, 6.45) is 3.28. The van der Waals surface area contributed by atoms with E-state index < -0.39 is 0 Å². The number of anilines is 2. The zero-order valence-corrected chi connectivity index (χ0v) is 13.5. The Morgan fingerprint density at radius 2 is 1.83 bits per heavy atom. The zero-order valence-electron chi connectivity index (χ0n) is 13.5. The van der Waals surface area contributed by atoms with Gasteiger partial charge >= 0.3 is 0 Å². The quantitative estimate of drug-likeness (QED) is 0.548. The fourth-order valence-corrected chi connectivity index (χ4v) is 2.30. The first kappa shape index (κ1) is 15.9. The van der Waals surface area contributed by atoms with Gasteiger partial charge < -0.3 is 10.5 Å². The lowest BCUT2D eigenvalue weighted by Crippen LogP contribution is -2.32. The maximum Gasteiger partial charge on any atom is 0.139 e. The number of benzene rings is 2. The van der Waals surface area contributed by atoms with Crippen LogP contribution in [0.4, 0.5) is 11.4 Å². The number of hydrogen-bond acceptors (Lipinski definition) is 5. The van der Waals surface area contributed by atoms with Crippen molar-refractivity contribution in [3.05, 3.63) is 60.7 Å². The third-order valence-corrected chi connectivity index (χ3v) is 3.70. The molecule has 0 fully saturated rings. The van der Waals surface area contributed by atoms with Crippen molar-refractivity contribution >= 4 is 24.7 Å². The summed E-state index contributed by atoms with van der Waals surface area (Å²) in [5.74, 6) is 0.749. The highest BCUT2D eigenvalue weighted by molar-refractivity contribution is 6.33. The summed E-state index contributed by atoms with van der Waals surface area (Å²) in [5, 5.41) is 9.72. The van der Waals surface area contributed by atoms with Crippen LogP contribution in [0.3, 0.4) is 0 Å². The first-order valence-electron chi connectivity index (χ1n) is 7.60. The smallest absolute Gasteiger partial charge is 0.139 e. The third kappa shape index (κ3) is 3.68. The molecule has 0 atom stereocenters. The van der Waals surface area contributed by atoms with Crippen molar-refractivity contribution in [2.75, 3.05) is 23.9 Å². The molecule has 2 aromatic carbocycles. The Balaban J connectivity index is 1.70. The standard InChI is InChI=1S/C17H18BN5O/c1-13-2-7-16(10-17(13)18)24-9-8-23(22-11-20-21-12-22)15-5-3-14(19)4-6-15/h2-7,10-12H,8-9,19H2,1H3. The van der Waals surface area contributed by atoms with Crippen molar-refractivity contribution in [3.8, 4) is 5.75 Å². The molecule has 6 nitrogen and oxygen atoms in total. The second-order valence-electron chi connectivity index (χ2n) is 5.42. The Kier molecular flexibility index (Phi) is 4.70. The summed E-state index contributed by atoms with van der Waals surface area (Å²) < 4.78 is 7.62. The molecule has 2 N–H and O–H groups in total. The summed E-state index contributed by atoms with van der Waals surface area (Å²) in [5.41, 5.74) is 9.21. The maximum absolute atomic E-state index is 5.91. The molecule has 0 amide bonds. The van der Waals surface area contributed by atoms with E-state index in [-0.39, 0.29) is 0 Å². The molecule has 3 rings (SSSR count). The van der Waals surface area contributed by atoms with Crippen LogP contribution in [0.15, 0.2) is 55.1 Å². The number of rotatable bonds is 6. The molecule has 24 heavy (non-hydrogen) atoms. The van der Waals surface area contributed by atoms with E-state index >= 15 is 0 Å². The molecule has 0 saturated heterocycles. The van der Waals surface area contributed by atoms with Gasteiger partial charge in [0, 0.05) is 5.69 Å². The van der Waals surface area contributed by atoms with Gasteiger partial charge in [0.25, 0.3) is 0 Å². The first-order chi connectivity index (χ1) is 11.6. The molecule has 0 unspecified atom stereocenters. The SMILES string of the molecule is [B]c1cc(OCCN(c2ccc(N)cc2)n2cnnc2)ccc1C. The monoisotopic (exact) mass is 319 g/mol. The second-order valence-corrected chi connectivity index (χ2v) is 5.42. The Bertz CT molecular complexity index is 789. The fraction of sp³-hybridized carbons (Fsp3) is 0.176.